The van der Waals surface area contributed by atoms with Gasteiger partial charge in [0.05, 0.1) is 5.52 Å². The first-order chi connectivity index (χ1) is 6.18. The van der Waals surface area contributed by atoms with Crippen molar-refractivity contribution in [2.45, 2.75) is 6.92 Å². The average Bonchev–Trinajstić information content (AvgIpc) is 2.07. The van der Waals surface area contributed by atoms with E-state index in [1.165, 1.54) is 10.9 Å². The van der Waals surface area contributed by atoms with Crippen LogP contribution in [0.3, 0.4) is 0 Å². The van der Waals surface area contributed by atoms with Crippen LogP contribution < -0.4 is 0 Å². The molecule has 0 saturated heterocycles. The van der Waals surface area contributed by atoms with Crippen molar-refractivity contribution in [2.75, 3.05) is 0 Å². The number of rotatable bonds is 0. The molecule has 2 rings (SSSR count). The number of fused-ring (bicyclic) bond motifs is 1. The number of halogens is 1. The Morgan fingerprint density at radius 2 is 2.15 bits per heavy atom. The largest absolute Gasteiger partial charge is 0.345 e. The van der Waals surface area contributed by atoms with E-state index in [0.717, 1.165) is 14.6 Å². The predicted octanol–water partition coefficient (Wildman–Crippen LogP) is 3.97. The van der Waals surface area contributed by atoms with Gasteiger partial charge < -0.3 is 4.98 Å². The fraction of sp³-hybridized carbons (Fsp3) is 0.100. The Labute approximate surface area is 89.9 Å². The highest BCUT2D eigenvalue weighted by Gasteiger charge is 2.00. The Hall–Kier alpha value is -0.670. The Kier molecular flexibility index (Phi) is 2.22. The molecule has 1 aromatic carbocycles. The molecule has 0 bridgehead atoms. The summed E-state index contributed by atoms with van der Waals surface area (Å²) in [7, 11) is 0. The van der Waals surface area contributed by atoms with Gasteiger partial charge in [0.2, 0.25) is 0 Å². The van der Waals surface area contributed by atoms with Crippen molar-refractivity contribution in [3.05, 3.63) is 38.9 Å². The number of benzene rings is 1. The molecule has 0 spiro atoms. The van der Waals surface area contributed by atoms with Gasteiger partial charge in [0.25, 0.3) is 0 Å². The van der Waals surface area contributed by atoms with E-state index in [2.05, 4.69) is 33.9 Å². The van der Waals surface area contributed by atoms with Crippen LogP contribution in [0, 0.1) is 11.6 Å². The molecule has 0 aliphatic carbocycles. The molecule has 1 nitrogen and oxygen atoms in total. The minimum absolute atomic E-state index is 0.775. The lowest BCUT2D eigenvalue weighted by Crippen LogP contribution is -1.84. The quantitative estimate of drug-likeness (QED) is 0.703. The molecule has 66 valence electrons. The third kappa shape index (κ3) is 1.54. The Morgan fingerprint density at radius 3 is 2.92 bits per heavy atom. The lowest BCUT2D eigenvalue weighted by molar-refractivity contribution is 1.33. The van der Waals surface area contributed by atoms with Crippen LogP contribution in [0.4, 0.5) is 0 Å². The minimum atomic E-state index is 0.775. The van der Waals surface area contributed by atoms with Crippen LogP contribution in [0.2, 0.25) is 0 Å². The average molecular weight is 254 g/mol. The number of pyridine rings is 1. The predicted molar refractivity (Wildman–Crippen MR) is 61.6 cm³/mol. The Bertz CT molecular complexity index is 516. The minimum Gasteiger partial charge on any atom is -0.345 e. The summed E-state index contributed by atoms with van der Waals surface area (Å²) in [4.78, 5) is 3.17. The molecule has 0 fully saturated rings. The van der Waals surface area contributed by atoms with E-state index in [-0.39, 0.29) is 0 Å². The standard InChI is InChI=1S/C10H8BrNS/c1-6-5-9(13)12-10-7(6)3-2-4-8(10)11/h2-5H,1H3,(H,12,13). The van der Waals surface area contributed by atoms with E-state index in [4.69, 9.17) is 12.2 Å². The zero-order valence-corrected chi connectivity index (χ0v) is 9.50. The van der Waals surface area contributed by atoms with Gasteiger partial charge in [0.1, 0.15) is 4.64 Å². The molecule has 1 heterocycles. The highest BCUT2D eigenvalue weighted by molar-refractivity contribution is 9.10. The van der Waals surface area contributed by atoms with E-state index in [0.29, 0.717) is 0 Å². The summed E-state index contributed by atoms with van der Waals surface area (Å²) in [5.41, 5.74) is 2.28. The van der Waals surface area contributed by atoms with Crippen molar-refractivity contribution in [2.24, 2.45) is 0 Å². The number of H-pyrrole nitrogens is 1. The monoisotopic (exact) mass is 253 g/mol. The summed E-state index contributed by atoms with van der Waals surface area (Å²) >= 11 is 8.60. The second-order valence-electron chi connectivity index (χ2n) is 2.98. The van der Waals surface area contributed by atoms with Crippen molar-refractivity contribution >= 4 is 39.1 Å². The highest BCUT2D eigenvalue weighted by Crippen LogP contribution is 2.23. The number of aromatic nitrogens is 1. The SMILES string of the molecule is Cc1cc(=S)[nH]c2c(Br)cccc12. The number of aromatic amines is 1. The van der Waals surface area contributed by atoms with Crippen molar-refractivity contribution in [3.63, 3.8) is 0 Å². The molecule has 0 unspecified atom stereocenters. The number of hydrogen-bond donors (Lipinski definition) is 1. The molecule has 1 aromatic heterocycles. The summed E-state index contributed by atoms with van der Waals surface area (Å²) in [6.45, 7) is 2.07. The van der Waals surface area contributed by atoms with Crippen LogP contribution in [0.25, 0.3) is 10.9 Å². The van der Waals surface area contributed by atoms with E-state index < -0.39 is 0 Å². The molecule has 2 aromatic rings. The van der Waals surface area contributed by atoms with Crippen molar-refractivity contribution in [1.29, 1.82) is 0 Å². The van der Waals surface area contributed by atoms with E-state index in [1.807, 2.05) is 18.2 Å². The lowest BCUT2D eigenvalue weighted by Gasteiger charge is -2.03. The summed E-state index contributed by atoms with van der Waals surface area (Å²) < 4.78 is 1.83. The maximum atomic E-state index is 5.11. The first-order valence-electron chi connectivity index (χ1n) is 3.96. The van der Waals surface area contributed by atoms with Gasteiger partial charge in [-0.05, 0) is 40.5 Å². The van der Waals surface area contributed by atoms with E-state index >= 15 is 0 Å². The third-order valence-electron chi connectivity index (χ3n) is 2.03. The van der Waals surface area contributed by atoms with Gasteiger partial charge in [0, 0.05) is 9.86 Å². The highest BCUT2D eigenvalue weighted by atomic mass is 79.9. The topological polar surface area (TPSA) is 15.8 Å². The fourth-order valence-corrected chi connectivity index (χ4v) is 2.16. The maximum Gasteiger partial charge on any atom is 0.103 e. The summed E-state index contributed by atoms with van der Waals surface area (Å²) in [6.07, 6.45) is 0. The Balaban J connectivity index is 3.03. The molecular formula is C10H8BrNS. The van der Waals surface area contributed by atoms with Gasteiger partial charge in [-0.25, -0.2) is 0 Å². The zero-order valence-electron chi connectivity index (χ0n) is 7.10. The van der Waals surface area contributed by atoms with Crippen LogP contribution in [0.1, 0.15) is 5.56 Å². The molecule has 0 radical (unpaired) electrons. The first kappa shape index (κ1) is 8.91. The molecule has 0 saturated carbocycles. The van der Waals surface area contributed by atoms with Crippen LogP contribution in [-0.2, 0) is 0 Å². The van der Waals surface area contributed by atoms with Gasteiger partial charge in [-0.15, -0.1) is 0 Å². The van der Waals surface area contributed by atoms with Crippen molar-refractivity contribution < 1.29 is 0 Å². The lowest BCUT2D eigenvalue weighted by atomic mass is 10.1. The van der Waals surface area contributed by atoms with Gasteiger partial charge in [-0.2, -0.15) is 0 Å². The summed E-state index contributed by atoms with van der Waals surface area (Å²) in [6, 6.07) is 8.09. The number of para-hydroxylation sites is 1. The molecule has 0 aliphatic heterocycles. The van der Waals surface area contributed by atoms with Crippen LogP contribution in [-0.4, -0.2) is 4.98 Å². The van der Waals surface area contributed by atoms with Crippen molar-refractivity contribution in [3.8, 4) is 0 Å². The van der Waals surface area contributed by atoms with Gasteiger partial charge in [-0.1, -0.05) is 24.4 Å². The second kappa shape index (κ2) is 3.24. The normalized spacial score (nSPS) is 10.6. The smallest absolute Gasteiger partial charge is 0.103 e. The van der Waals surface area contributed by atoms with Crippen LogP contribution >= 0.6 is 28.1 Å². The molecule has 1 N–H and O–H groups in total. The molecule has 0 amide bonds. The molecule has 0 aliphatic rings. The van der Waals surface area contributed by atoms with Gasteiger partial charge in [0.15, 0.2) is 0 Å². The van der Waals surface area contributed by atoms with E-state index in [1.54, 1.807) is 0 Å². The van der Waals surface area contributed by atoms with Gasteiger partial charge >= 0.3 is 0 Å². The zero-order chi connectivity index (χ0) is 9.42. The number of aryl methyl sites for hydroxylation is 1. The molecule has 0 atom stereocenters. The first-order valence-corrected chi connectivity index (χ1v) is 5.17. The fourth-order valence-electron chi connectivity index (χ4n) is 1.41. The second-order valence-corrected chi connectivity index (χ2v) is 4.27. The van der Waals surface area contributed by atoms with Crippen LogP contribution in [0.15, 0.2) is 28.7 Å². The summed E-state index contributed by atoms with van der Waals surface area (Å²) in [5.74, 6) is 0. The third-order valence-corrected chi connectivity index (χ3v) is 2.91. The summed E-state index contributed by atoms with van der Waals surface area (Å²) in [5, 5.41) is 1.21. The number of hydrogen-bond acceptors (Lipinski definition) is 1. The van der Waals surface area contributed by atoms with Gasteiger partial charge in [-0.3, -0.25) is 0 Å². The Morgan fingerprint density at radius 1 is 1.38 bits per heavy atom. The van der Waals surface area contributed by atoms with Crippen LogP contribution in [0.5, 0.6) is 0 Å². The molecule has 3 heteroatoms. The molecule has 13 heavy (non-hydrogen) atoms. The molecular weight excluding hydrogens is 246 g/mol. The maximum absolute atomic E-state index is 5.11. The van der Waals surface area contributed by atoms with Crippen molar-refractivity contribution in [1.82, 2.24) is 4.98 Å². The number of nitrogens with one attached hydrogen (secondary N) is 1. The van der Waals surface area contributed by atoms with E-state index in [9.17, 15) is 0 Å².